The normalized spacial score (nSPS) is 17.9. The van der Waals surface area contributed by atoms with Gasteiger partial charge < -0.3 is 4.90 Å². The summed E-state index contributed by atoms with van der Waals surface area (Å²) in [6.07, 6.45) is 2.83. The molecule has 0 radical (unpaired) electrons. The predicted octanol–water partition coefficient (Wildman–Crippen LogP) is 1.11. The minimum absolute atomic E-state index is 1.32. The van der Waals surface area contributed by atoms with Gasteiger partial charge in [0.1, 0.15) is 5.40 Å². The van der Waals surface area contributed by atoms with Gasteiger partial charge in [0.25, 0.3) is 0 Å². The van der Waals surface area contributed by atoms with Crippen LogP contribution in [0.25, 0.3) is 0 Å². The molecular weight excluding hydrogens is 132 g/mol. The third kappa shape index (κ3) is 5.67. The van der Waals surface area contributed by atoms with Gasteiger partial charge in [-0.2, -0.15) is 5.26 Å². The second kappa shape index (κ2) is 5.93. The summed E-state index contributed by atoms with van der Waals surface area (Å²) in [7, 11) is 2.17. The lowest BCUT2D eigenvalue weighted by molar-refractivity contribution is 0.418. The topological polar surface area (TPSA) is 27.0 Å². The highest BCUT2D eigenvalue weighted by Gasteiger charge is 2.03. The molecule has 1 saturated heterocycles. The molecule has 0 unspecified atom stereocenters. The van der Waals surface area contributed by atoms with Gasteiger partial charge in [-0.3, -0.25) is 0 Å². The van der Waals surface area contributed by atoms with E-state index in [1.54, 1.807) is 0 Å². The molecule has 52 valence electrons. The minimum Gasteiger partial charge on any atom is -0.306 e. The minimum atomic E-state index is 1.32. The molecule has 0 amide bonds. The summed E-state index contributed by atoms with van der Waals surface area (Å²) in [5, 5.41) is 8.63. The third-order valence-electron chi connectivity index (χ3n) is 1.33. The number of thiocyanates is 1. The van der Waals surface area contributed by atoms with Gasteiger partial charge in [0.2, 0.25) is 0 Å². The van der Waals surface area contributed by atoms with E-state index >= 15 is 0 Å². The number of hydrogen-bond donors (Lipinski definition) is 1. The van der Waals surface area contributed by atoms with Crippen molar-refractivity contribution in [3.63, 3.8) is 0 Å². The summed E-state index contributed by atoms with van der Waals surface area (Å²) in [6.45, 7) is 2.64. The zero-order valence-corrected chi connectivity index (χ0v) is 6.56. The molecule has 0 aliphatic carbocycles. The summed E-state index contributed by atoms with van der Waals surface area (Å²) >= 11 is 3.09. The summed E-state index contributed by atoms with van der Waals surface area (Å²) < 4.78 is 0. The van der Waals surface area contributed by atoms with E-state index in [1.807, 2.05) is 0 Å². The van der Waals surface area contributed by atoms with E-state index in [-0.39, 0.29) is 0 Å². The van der Waals surface area contributed by atoms with Gasteiger partial charge in [0.15, 0.2) is 0 Å². The lowest BCUT2D eigenvalue weighted by Crippen LogP contribution is -2.10. The molecule has 0 saturated carbocycles. The Balaban J connectivity index is 0.000000187. The van der Waals surface area contributed by atoms with Crippen molar-refractivity contribution >= 4 is 12.6 Å². The highest BCUT2D eigenvalue weighted by Crippen LogP contribution is 2.01. The molecule has 3 heteroatoms. The highest BCUT2D eigenvalue weighted by atomic mass is 32.1. The monoisotopic (exact) mass is 144 g/mol. The zero-order chi connectivity index (χ0) is 7.11. The maximum atomic E-state index is 7.18. The zero-order valence-electron chi connectivity index (χ0n) is 5.67. The Morgan fingerprint density at radius 1 is 1.44 bits per heavy atom. The highest BCUT2D eigenvalue weighted by molar-refractivity contribution is 7.85. The van der Waals surface area contributed by atoms with Crippen LogP contribution in [0.4, 0.5) is 0 Å². The molecule has 1 aliphatic rings. The molecule has 0 spiro atoms. The lowest BCUT2D eigenvalue weighted by atomic mass is 10.4. The first-order valence-corrected chi connectivity index (χ1v) is 3.47. The fraction of sp³-hybridized carbons (Fsp3) is 0.833. The molecule has 1 fully saturated rings. The SMILES string of the molecule is CN1CCCC1.N#CS. The molecule has 1 rings (SSSR count). The summed E-state index contributed by atoms with van der Waals surface area (Å²) in [6, 6.07) is 0. The van der Waals surface area contributed by atoms with Gasteiger partial charge in [0.05, 0.1) is 0 Å². The molecular formula is C6H12N2S. The number of hydrogen-bond acceptors (Lipinski definition) is 3. The second-order valence-electron chi connectivity index (χ2n) is 2.11. The molecule has 0 atom stereocenters. The summed E-state index contributed by atoms with van der Waals surface area (Å²) in [5.41, 5.74) is 0. The third-order valence-corrected chi connectivity index (χ3v) is 1.33. The molecule has 1 heterocycles. The first-order valence-electron chi connectivity index (χ1n) is 3.03. The van der Waals surface area contributed by atoms with Crippen LogP contribution in [-0.2, 0) is 0 Å². The standard InChI is InChI=1S/C5H11N.CHNS/c1-6-4-2-3-5-6;2-1-3/h2-5H2,1H3;3H. The average molecular weight is 144 g/mol. The number of likely N-dealkylation sites (tertiary alicyclic amines) is 1. The van der Waals surface area contributed by atoms with Gasteiger partial charge >= 0.3 is 0 Å². The van der Waals surface area contributed by atoms with E-state index in [2.05, 4.69) is 24.6 Å². The fourth-order valence-corrected chi connectivity index (χ4v) is 0.875. The van der Waals surface area contributed by atoms with Gasteiger partial charge in [-0.25, -0.2) is 0 Å². The van der Waals surface area contributed by atoms with Gasteiger partial charge in [-0.05, 0) is 33.0 Å². The number of nitriles is 1. The van der Waals surface area contributed by atoms with Crippen LogP contribution in [0.5, 0.6) is 0 Å². The Hall–Kier alpha value is -0.200. The largest absolute Gasteiger partial charge is 0.306 e. The molecule has 0 aromatic heterocycles. The molecule has 0 aromatic carbocycles. The van der Waals surface area contributed by atoms with Crippen molar-refractivity contribution in [3.05, 3.63) is 0 Å². The molecule has 1 aliphatic heterocycles. The van der Waals surface area contributed by atoms with Crippen molar-refractivity contribution in [2.24, 2.45) is 0 Å². The Labute approximate surface area is 61.9 Å². The Kier molecular flexibility index (Phi) is 5.80. The predicted molar refractivity (Wildman–Crippen MR) is 41.3 cm³/mol. The second-order valence-corrected chi connectivity index (χ2v) is 2.31. The van der Waals surface area contributed by atoms with Crippen LogP contribution in [-0.4, -0.2) is 25.0 Å². The molecule has 2 nitrogen and oxygen atoms in total. The Morgan fingerprint density at radius 3 is 1.89 bits per heavy atom. The molecule has 0 bridgehead atoms. The van der Waals surface area contributed by atoms with Gasteiger partial charge in [-0.15, -0.1) is 0 Å². The molecule has 9 heavy (non-hydrogen) atoms. The van der Waals surface area contributed by atoms with Crippen LogP contribution in [0.1, 0.15) is 12.8 Å². The fourth-order valence-electron chi connectivity index (χ4n) is 0.875. The Morgan fingerprint density at radius 2 is 1.78 bits per heavy atom. The van der Waals surface area contributed by atoms with Crippen LogP contribution in [0.2, 0.25) is 0 Å². The Bertz CT molecular complexity index is 91.7. The van der Waals surface area contributed by atoms with Crippen LogP contribution in [0.15, 0.2) is 0 Å². The molecule has 0 N–H and O–H groups in total. The lowest BCUT2D eigenvalue weighted by Gasteiger charge is -2.01. The van der Waals surface area contributed by atoms with Crippen LogP contribution < -0.4 is 0 Å². The number of thiol groups is 1. The molecule has 0 aromatic rings. The maximum Gasteiger partial charge on any atom is 0.130 e. The average Bonchev–Trinajstić information content (AvgIpc) is 2.20. The van der Waals surface area contributed by atoms with Crippen LogP contribution in [0, 0.1) is 10.7 Å². The van der Waals surface area contributed by atoms with Gasteiger partial charge in [-0.1, -0.05) is 12.6 Å². The maximum absolute atomic E-state index is 7.18. The van der Waals surface area contributed by atoms with Crippen molar-refractivity contribution in [2.75, 3.05) is 20.1 Å². The first kappa shape index (κ1) is 8.80. The smallest absolute Gasteiger partial charge is 0.130 e. The van der Waals surface area contributed by atoms with E-state index in [9.17, 15) is 0 Å². The van der Waals surface area contributed by atoms with Crippen molar-refractivity contribution in [1.29, 1.82) is 5.26 Å². The summed E-state index contributed by atoms with van der Waals surface area (Å²) in [5.74, 6) is 0. The van der Waals surface area contributed by atoms with E-state index < -0.39 is 0 Å². The van der Waals surface area contributed by atoms with E-state index in [0.29, 0.717) is 0 Å². The quantitative estimate of drug-likeness (QED) is 0.407. The van der Waals surface area contributed by atoms with Crippen LogP contribution in [0.3, 0.4) is 0 Å². The van der Waals surface area contributed by atoms with Crippen molar-refractivity contribution in [1.82, 2.24) is 4.90 Å². The first-order chi connectivity index (χ1) is 4.31. The van der Waals surface area contributed by atoms with Gasteiger partial charge in [0, 0.05) is 0 Å². The number of rotatable bonds is 0. The van der Waals surface area contributed by atoms with E-state index in [1.165, 1.54) is 31.3 Å². The number of nitrogens with zero attached hydrogens (tertiary/aromatic N) is 2. The summed E-state index contributed by atoms with van der Waals surface area (Å²) in [4.78, 5) is 2.36. The van der Waals surface area contributed by atoms with Crippen molar-refractivity contribution in [2.45, 2.75) is 12.8 Å². The van der Waals surface area contributed by atoms with Crippen molar-refractivity contribution < 1.29 is 0 Å². The van der Waals surface area contributed by atoms with E-state index in [4.69, 9.17) is 5.26 Å². The van der Waals surface area contributed by atoms with Crippen molar-refractivity contribution in [3.8, 4) is 5.40 Å². The van der Waals surface area contributed by atoms with Crippen LogP contribution >= 0.6 is 12.6 Å². The van der Waals surface area contributed by atoms with E-state index in [0.717, 1.165) is 0 Å².